The van der Waals surface area contributed by atoms with Gasteiger partial charge in [0.2, 0.25) is 0 Å². The largest absolute Gasteiger partial charge is 0.411 e. The van der Waals surface area contributed by atoms with E-state index in [4.69, 9.17) is 5.21 Å². The lowest BCUT2D eigenvalue weighted by atomic mass is 9.97. The van der Waals surface area contributed by atoms with Crippen LogP contribution in [-0.2, 0) is 0 Å². The molecule has 1 N–H and O–H groups in total. The SMILES string of the molecule is C/C(=N\O)c1ccc2c(c1)[C@H](C)c1ccccc1-2. The van der Waals surface area contributed by atoms with Crippen molar-refractivity contribution >= 4 is 5.71 Å². The molecule has 0 heterocycles. The van der Waals surface area contributed by atoms with Crippen LogP contribution in [0.25, 0.3) is 11.1 Å². The Morgan fingerprint density at radius 3 is 2.56 bits per heavy atom. The van der Waals surface area contributed by atoms with E-state index in [0.29, 0.717) is 11.6 Å². The van der Waals surface area contributed by atoms with Gasteiger partial charge in [-0.05, 0) is 40.8 Å². The summed E-state index contributed by atoms with van der Waals surface area (Å²) < 4.78 is 0. The summed E-state index contributed by atoms with van der Waals surface area (Å²) in [5.74, 6) is 0.405. The Morgan fingerprint density at radius 2 is 1.78 bits per heavy atom. The number of hydrogen-bond donors (Lipinski definition) is 1. The van der Waals surface area contributed by atoms with Crippen molar-refractivity contribution in [2.24, 2.45) is 5.16 Å². The van der Waals surface area contributed by atoms with Gasteiger partial charge in [0.25, 0.3) is 0 Å². The highest BCUT2D eigenvalue weighted by atomic mass is 16.4. The van der Waals surface area contributed by atoms with Crippen LogP contribution in [-0.4, -0.2) is 10.9 Å². The van der Waals surface area contributed by atoms with Gasteiger partial charge in [0.15, 0.2) is 0 Å². The molecule has 90 valence electrons. The molecule has 0 bridgehead atoms. The molecule has 0 spiro atoms. The summed E-state index contributed by atoms with van der Waals surface area (Å²) in [7, 11) is 0. The Balaban J connectivity index is 2.20. The molecule has 0 saturated carbocycles. The molecule has 2 heteroatoms. The van der Waals surface area contributed by atoms with E-state index in [9.17, 15) is 0 Å². The molecule has 2 nitrogen and oxygen atoms in total. The first-order valence-corrected chi connectivity index (χ1v) is 6.14. The molecule has 0 aromatic heterocycles. The van der Waals surface area contributed by atoms with Gasteiger partial charge in [0.1, 0.15) is 0 Å². The first kappa shape index (κ1) is 11.0. The van der Waals surface area contributed by atoms with Gasteiger partial charge in [0.05, 0.1) is 5.71 Å². The Morgan fingerprint density at radius 1 is 1.06 bits per heavy atom. The molecule has 0 fully saturated rings. The maximum Gasteiger partial charge on any atom is 0.0837 e. The second-order valence-electron chi connectivity index (χ2n) is 4.80. The van der Waals surface area contributed by atoms with E-state index in [1.54, 1.807) is 0 Å². The quantitative estimate of drug-likeness (QED) is 0.453. The lowest BCUT2D eigenvalue weighted by Gasteiger charge is -2.07. The van der Waals surface area contributed by atoms with Crippen LogP contribution in [0.1, 0.15) is 36.5 Å². The topological polar surface area (TPSA) is 32.6 Å². The van der Waals surface area contributed by atoms with Gasteiger partial charge >= 0.3 is 0 Å². The second-order valence-corrected chi connectivity index (χ2v) is 4.80. The third-order valence-corrected chi connectivity index (χ3v) is 3.80. The van der Waals surface area contributed by atoms with Crippen LogP contribution >= 0.6 is 0 Å². The van der Waals surface area contributed by atoms with E-state index in [1.165, 1.54) is 22.3 Å². The van der Waals surface area contributed by atoms with Crippen molar-refractivity contribution in [1.29, 1.82) is 0 Å². The number of oxime groups is 1. The molecule has 18 heavy (non-hydrogen) atoms. The molecular weight excluding hydrogens is 222 g/mol. The molecular formula is C16H15NO. The van der Waals surface area contributed by atoms with Gasteiger partial charge in [-0.2, -0.15) is 0 Å². The second kappa shape index (κ2) is 3.98. The normalized spacial score (nSPS) is 17.4. The van der Waals surface area contributed by atoms with Crippen LogP contribution in [0, 0.1) is 0 Å². The summed E-state index contributed by atoms with van der Waals surface area (Å²) in [6, 6.07) is 14.8. The third kappa shape index (κ3) is 1.46. The molecule has 0 unspecified atom stereocenters. The maximum atomic E-state index is 8.86. The van der Waals surface area contributed by atoms with Crippen LogP contribution < -0.4 is 0 Å². The molecule has 2 aromatic carbocycles. The Kier molecular flexibility index (Phi) is 2.44. The minimum absolute atomic E-state index is 0.405. The minimum atomic E-state index is 0.405. The summed E-state index contributed by atoms with van der Waals surface area (Å²) in [6.45, 7) is 4.04. The first-order valence-electron chi connectivity index (χ1n) is 6.14. The standard InChI is InChI=1S/C16H15NO/c1-10-13-5-3-4-6-14(13)15-8-7-12(9-16(10)15)11(2)17-18/h3-10,18H,1-2H3/b17-11+/t10-/m1/s1. The molecule has 0 saturated heterocycles. The molecule has 0 aliphatic heterocycles. The summed E-state index contributed by atoms with van der Waals surface area (Å²) >= 11 is 0. The Hall–Kier alpha value is -2.09. The number of hydrogen-bond acceptors (Lipinski definition) is 2. The van der Waals surface area contributed by atoms with Gasteiger partial charge in [0, 0.05) is 5.92 Å². The van der Waals surface area contributed by atoms with E-state index < -0.39 is 0 Å². The molecule has 0 radical (unpaired) electrons. The van der Waals surface area contributed by atoms with Crippen LogP contribution in [0.3, 0.4) is 0 Å². The van der Waals surface area contributed by atoms with Crippen LogP contribution in [0.15, 0.2) is 47.6 Å². The van der Waals surface area contributed by atoms with E-state index in [-0.39, 0.29) is 0 Å². The predicted molar refractivity (Wildman–Crippen MR) is 73.4 cm³/mol. The zero-order chi connectivity index (χ0) is 12.7. The van der Waals surface area contributed by atoms with Crippen molar-refractivity contribution in [3.05, 3.63) is 59.2 Å². The fourth-order valence-corrected chi connectivity index (χ4v) is 2.74. The smallest absolute Gasteiger partial charge is 0.0837 e. The van der Waals surface area contributed by atoms with Gasteiger partial charge in [-0.1, -0.05) is 48.5 Å². The van der Waals surface area contributed by atoms with E-state index in [2.05, 4.69) is 48.5 Å². The molecule has 1 aliphatic carbocycles. The first-order chi connectivity index (χ1) is 8.72. The maximum absolute atomic E-state index is 8.86. The summed E-state index contributed by atoms with van der Waals surface area (Å²) in [5, 5.41) is 12.1. The Labute approximate surface area is 107 Å². The van der Waals surface area contributed by atoms with Crippen molar-refractivity contribution < 1.29 is 5.21 Å². The average molecular weight is 237 g/mol. The summed E-state index contributed by atoms with van der Waals surface area (Å²) in [4.78, 5) is 0. The molecule has 1 atom stereocenters. The monoisotopic (exact) mass is 237 g/mol. The van der Waals surface area contributed by atoms with Crippen molar-refractivity contribution in [2.45, 2.75) is 19.8 Å². The van der Waals surface area contributed by atoms with E-state index in [1.807, 2.05) is 13.0 Å². The van der Waals surface area contributed by atoms with E-state index in [0.717, 1.165) is 5.56 Å². The van der Waals surface area contributed by atoms with Gasteiger partial charge in [-0.25, -0.2) is 0 Å². The van der Waals surface area contributed by atoms with Crippen molar-refractivity contribution in [3.63, 3.8) is 0 Å². The van der Waals surface area contributed by atoms with Gasteiger partial charge in [-0.15, -0.1) is 0 Å². The minimum Gasteiger partial charge on any atom is -0.411 e. The van der Waals surface area contributed by atoms with Crippen LogP contribution in [0.5, 0.6) is 0 Å². The lowest BCUT2D eigenvalue weighted by molar-refractivity contribution is 0.319. The number of nitrogens with zero attached hydrogens (tertiary/aromatic N) is 1. The number of benzene rings is 2. The molecule has 1 aliphatic rings. The fraction of sp³-hybridized carbons (Fsp3) is 0.188. The van der Waals surface area contributed by atoms with Crippen molar-refractivity contribution in [1.82, 2.24) is 0 Å². The highest BCUT2D eigenvalue weighted by Crippen LogP contribution is 2.44. The number of fused-ring (bicyclic) bond motifs is 3. The predicted octanol–water partition coefficient (Wildman–Crippen LogP) is 4.02. The van der Waals surface area contributed by atoms with Crippen LogP contribution in [0.2, 0.25) is 0 Å². The molecule has 0 amide bonds. The molecule has 3 rings (SSSR count). The van der Waals surface area contributed by atoms with Gasteiger partial charge < -0.3 is 5.21 Å². The zero-order valence-electron chi connectivity index (χ0n) is 10.5. The Bertz CT molecular complexity index is 643. The third-order valence-electron chi connectivity index (χ3n) is 3.80. The van der Waals surface area contributed by atoms with E-state index >= 15 is 0 Å². The van der Waals surface area contributed by atoms with Crippen molar-refractivity contribution in [2.75, 3.05) is 0 Å². The summed E-state index contributed by atoms with van der Waals surface area (Å²) in [6.07, 6.45) is 0. The lowest BCUT2D eigenvalue weighted by Crippen LogP contribution is -1.97. The fourth-order valence-electron chi connectivity index (χ4n) is 2.74. The molecule has 2 aromatic rings. The zero-order valence-corrected chi connectivity index (χ0v) is 10.5. The number of rotatable bonds is 1. The highest BCUT2D eigenvalue weighted by molar-refractivity contribution is 5.99. The van der Waals surface area contributed by atoms with Crippen LogP contribution in [0.4, 0.5) is 0 Å². The van der Waals surface area contributed by atoms with Gasteiger partial charge in [-0.3, -0.25) is 0 Å². The highest BCUT2D eigenvalue weighted by Gasteiger charge is 2.25. The summed E-state index contributed by atoms with van der Waals surface area (Å²) in [5.41, 5.74) is 6.95. The van der Waals surface area contributed by atoms with Crippen molar-refractivity contribution in [3.8, 4) is 11.1 Å². The average Bonchev–Trinajstić information content (AvgIpc) is 2.72.